The van der Waals surface area contributed by atoms with E-state index in [0.717, 1.165) is 16.7 Å². The lowest BCUT2D eigenvalue weighted by molar-refractivity contribution is 0.762. The molecule has 1 N–H and O–H groups in total. The van der Waals surface area contributed by atoms with Gasteiger partial charge in [0.2, 0.25) is 0 Å². The van der Waals surface area contributed by atoms with Crippen molar-refractivity contribution < 1.29 is 0 Å². The second-order valence-corrected chi connectivity index (χ2v) is 5.19. The zero-order valence-electron chi connectivity index (χ0n) is 8.98. The number of nitrogens with one attached hydrogen (secondary N) is 1. The fraction of sp³-hybridized carbons (Fsp3) is 0.250. The number of anilines is 1. The number of aromatic nitrogens is 1. The van der Waals surface area contributed by atoms with Gasteiger partial charge in [0.15, 0.2) is 0 Å². The van der Waals surface area contributed by atoms with Gasteiger partial charge in [-0.25, -0.2) is 4.98 Å². The lowest BCUT2D eigenvalue weighted by Gasteiger charge is -2.17. The third-order valence-corrected chi connectivity index (χ3v) is 4.00. The summed E-state index contributed by atoms with van der Waals surface area (Å²) >= 11 is 5.23. The van der Waals surface area contributed by atoms with Crippen LogP contribution in [0.15, 0.2) is 40.4 Å². The molecule has 16 heavy (non-hydrogen) atoms. The predicted octanol–water partition coefficient (Wildman–Crippen LogP) is 4.47. The number of thiophene rings is 1. The van der Waals surface area contributed by atoms with E-state index >= 15 is 0 Å². The van der Waals surface area contributed by atoms with E-state index in [-0.39, 0.29) is 0 Å². The number of hydrogen-bond acceptors (Lipinski definition) is 3. The van der Waals surface area contributed by atoms with Crippen LogP contribution < -0.4 is 5.32 Å². The lowest BCUT2D eigenvalue weighted by Crippen LogP contribution is -2.08. The average molecular weight is 297 g/mol. The Labute approximate surface area is 108 Å². The molecule has 0 amide bonds. The molecule has 2 aromatic heterocycles. The van der Waals surface area contributed by atoms with Gasteiger partial charge in [0.1, 0.15) is 4.60 Å². The Morgan fingerprint density at radius 3 is 2.94 bits per heavy atom. The Morgan fingerprint density at radius 2 is 2.31 bits per heavy atom. The summed E-state index contributed by atoms with van der Waals surface area (Å²) < 4.78 is 0.866. The fourth-order valence-electron chi connectivity index (χ4n) is 1.55. The zero-order chi connectivity index (χ0) is 11.4. The van der Waals surface area contributed by atoms with Crippen molar-refractivity contribution in [2.45, 2.75) is 19.4 Å². The molecule has 2 rings (SSSR count). The van der Waals surface area contributed by atoms with Gasteiger partial charge in [-0.2, -0.15) is 0 Å². The quantitative estimate of drug-likeness (QED) is 0.842. The van der Waals surface area contributed by atoms with Crippen LogP contribution in [0.2, 0.25) is 0 Å². The molecule has 0 fully saturated rings. The minimum Gasteiger partial charge on any atom is -0.375 e. The summed E-state index contributed by atoms with van der Waals surface area (Å²) in [6.07, 6.45) is 2.84. The molecule has 0 spiro atoms. The molecule has 0 radical (unpaired) electrons. The first-order valence-electron chi connectivity index (χ1n) is 5.21. The Hall–Kier alpha value is -0.870. The highest BCUT2D eigenvalue weighted by atomic mass is 79.9. The maximum Gasteiger partial charge on any atom is 0.129 e. The summed E-state index contributed by atoms with van der Waals surface area (Å²) in [5.41, 5.74) is 1.04. The van der Waals surface area contributed by atoms with E-state index in [1.807, 2.05) is 12.1 Å². The summed E-state index contributed by atoms with van der Waals surface area (Å²) in [7, 11) is 0. The number of rotatable bonds is 4. The monoisotopic (exact) mass is 296 g/mol. The third-order valence-electron chi connectivity index (χ3n) is 2.38. The molecule has 1 atom stereocenters. The number of hydrogen-bond donors (Lipinski definition) is 1. The molecule has 0 aliphatic heterocycles. The van der Waals surface area contributed by atoms with E-state index in [1.54, 1.807) is 17.5 Å². The van der Waals surface area contributed by atoms with Crippen LogP contribution in [0.5, 0.6) is 0 Å². The first-order valence-corrected chi connectivity index (χ1v) is 6.89. The Kier molecular flexibility index (Phi) is 3.96. The van der Waals surface area contributed by atoms with E-state index in [4.69, 9.17) is 0 Å². The van der Waals surface area contributed by atoms with Gasteiger partial charge in [0, 0.05) is 11.1 Å². The van der Waals surface area contributed by atoms with E-state index in [0.29, 0.717) is 6.04 Å². The van der Waals surface area contributed by atoms with Crippen LogP contribution in [0.3, 0.4) is 0 Å². The molecule has 4 heteroatoms. The van der Waals surface area contributed by atoms with Crippen molar-refractivity contribution in [1.29, 1.82) is 0 Å². The van der Waals surface area contributed by atoms with Gasteiger partial charge in [-0.3, -0.25) is 0 Å². The molecule has 2 nitrogen and oxygen atoms in total. The largest absolute Gasteiger partial charge is 0.375 e. The number of pyridine rings is 1. The van der Waals surface area contributed by atoms with Crippen LogP contribution in [-0.2, 0) is 0 Å². The van der Waals surface area contributed by atoms with Crippen molar-refractivity contribution in [3.8, 4) is 0 Å². The highest BCUT2D eigenvalue weighted by Crippen LogP contribution is 2.28. The van der Waals surface area contributed by atoms with Gasteiger partial charge < -0.3 is 5.32 Å². The van der Waals surface area contributed by atoms with Crippen LogP contribution in [0.4, 0.5) is 5.69 Å². The summed E-state index contributed by atoms with van der Waals surface area (Å²) in [5.74, 6) is 0. The highest BCUT2D eigenvalue weighted by molar-refractivity contribution is 9.10. The molecule has 0 aliphatic carbocycles. The van der Waals surface area contributed by atoms with Gasteiger partial charge in [-0.15, -0.1) is 11.3 Å². The van der Waals surface area contributed by atoms with Gasteiger partial charge in [-0.1, -0.05) is 13.0 Å². The number of nitrogens with zero attached hydrogens (tertiary/aromatic N) is 1. The Morgan fingerprint density at radius 1 is 1.44 bits per heavy atom. The molecule has 0 aliphatic rings. The zero-order valence-corrected chi connectivity index (χ0v) is 11.4. The average Bonchev–Trinajstić information content (AvgIpc) is 2.81. The maximum atomic E-state index is 4.21. The molecule has 2 heterocycles. The molecule has 1 unspecified atom stereocenters. The number of halogens is 1. The van der Waals surface area contributed by atoms with Crippen molar-refractivity contribution in [2.75, 3.05) is 5.32 Å². The molecule has 0 saturated carbocycles. The normalized spacial score (nSPS) is 12.4. The lowest BCUT2D eigenvalue weighted by atomic mass is 10.2. The SMILES string of the molecule is CCC(Nc1cccnc1Br)c1cccs1. The van der Waals surface area contributed by atoms with E-state index in [1.165, 1.54) is 4.88 Å². The van der Waals surface area contributed by atoms with Crippen LogP contribution in [0.25, 0.3) is 0 Å². The predicted molar refractivity (Wildman–Crippen MR) is 72.9 cm³/mol. The molecule has 84 valence electrons. The van der Waals surface area contributed by atoms with Crippen LogP contribution >= 0.6 is 27.3 Å². The summed E-state index contributed by atoms with van der Waals surface area (Å²) in [5, 5.41) is 5.61. The Bertz CT molecular complexity index is 442. The molecule has 0 aromatic carbocycles. The van der Waals surface area contributed by atoms with Crippen LogP contribution in [0.1, 0.15) is 24.3 Å². The summed E-state index contributed by atoms with van der Waals surface area (Å²) in [6, 6.07) is 8.58. The van der Waals surface area contributed by atoms with Crippen molar-refractivity contribution in [3.63, 3.8) is 0 Å². The highest BCUT2D eigenvalue weighted by Gasteiger charge is 2.11. The van der Waals surface area contributed by atoms with Gasteiger partial charge in [-0.05, 0) is 45.9 Å². The van der Waals surface area contributed by atoms with Crippen molar-refractivity contribution in [2.24, 2.45) is 0 Å². The summed E-state index contributed by atoms with van der Waals surface area (Å²) in [6.45, 7) is 2.18. The fourth-order valence-corrected chi connectivity index (χ4v) is 2.77. The van der Waals surface area contributed by atoms with Crippen LogP contribution in [-0.4, -0.2) is 4.98 Å². The first-order chi connectivity index (χ1) is 7.81. The minimum absolute atomic E-state index is 0.362. The smallest absolute Gasteiger partial charge is 0.129 e. The topological polar surface area (TPSA) is 24.9 Å². The Balaban J connectivity index is 2.17. The minimum atomic E-state index is 0.362. The van der Waals surface area contributed by atoms with Crippen molar-refractivity contribution >= 4 is 33.0 Å². The molecule has 0 saturated heterocycles. The molecule has 2 aromatic rings. The molecular weight excluding hydrogens is 284 g/mol. The van der Waals surface area contributed by atoms with Gasteiger partial charge in [0.05, 0.1) is 11.7 Å². The maximum absolute atomic E-state index is 4.21. The summed E-state index contributed by atoms with van der Waals surface area (Å²) in [4.78, 5) is 5.56. The molecule has 0 bridgehead atoms. The van der Waals surface area contributed by atoms with E-state index in [2.05, 4.69) is 50.7 Å². The van der Waals surface area contributed by atoms with Crippen molar-refractivity contribution in [3.05, 3.63) is 45.3 Å². The van der Waals surface area contributed by atoms with Crippen molar-refractivity contribution in [1.82, 2.24) is 4.98 Å². The standard InChI is InChI=1S/C12H13BrN2S/c1-2-9(11-6-4-8-16-11)15-10-5-3-7-14-12(10)13/h3-9,15H,2H2,1H3. The first kappa shape index (κ1) is 11.6. The second kappa shape index (κ2) is 5.46. The van der Waals surface area contributed by atoms with Gasteiger partial charge >= 0.3 is 0 Å². The van der Waals surface area contributed by atoms with E-state index < -0.39 is 0 Å². The van der Waals surface area contributed by atoms with E-state index in [9.17, 15) is 0 Å². The second-order valence-electron chi connectivity index (χ2n) is 3.46. The van der Waals surface area contributed by atoms with Crippen LogP contribution in [0, 0.1) is 0 Å². The third kappa shape index (κ3) is 2.62. The van der Waals surface area contributed by atoms with Gasteiger partial charge in [0.25, 0.3) is 0 Å². The molecular formula is C12H13BrN2S.